The number of fused-ring (bicyclic) bond motifs is 1. The summed E-state index contributed by atoms with van der Waals surface area (Å²) >= 11 is 0. The minimum atomic E-state index is -0.252. The number of aryl methyl sites for hydroxylation is 2. The van der Waals surface area contributed by atoms with Gasteiger partial charge in [-0.1, -0.05) is 12.1 Å². The van der Waals surface area contributed by atoms with E-state index in [1.54, 1.807) is 6.07 Å². The largest absolute Gasteiger partial charge is 0.465 e. The van der Waals surface area contributed by atoms with Crippen molar-refractivity contribution in [2.45, 2.75) is 26.3 Å². The molecule has 2 aromatic heterocycles. The van der Waals surface area contributed by atoms with Crippen molar-refractivity contribution in [2.24, 2.45) is 0 Å². The topological polar surface area (TPSA) is 88.0 Å². The van der Waals surface area contributed by atoms with E-state index in [4.69, 9.17) is 4.42 Å². The third-order valence-electron chi connectivity index (χ3n) is 3.51. The maximum absolute atomic E-state index is 12.0. The number of aromatic amines is 1. The fourth-order valence-electron chi connectivity index (χ4n) is 2.32. The van der Waals surface area contributed by atoms with Gasteiger partial charge in [0.15, 0.2) is 0 Å². The average molecular weight is 311 g/mol. The molecule has 0 saturated heterocycles. The van der Waals surface area contributed by atoms with Gasteiger partial charge in [0.25, 0.3) is 5.56 Å². The summed E-state index contributed by atoms with van der Waals surface area (Å²) in [6.07, 6.45) is 0.497. The Morgan fingerprint density at radius 1 is 1.26 bits per heavy atom. The number of hydrogen-bond acceptors (Lipinski definition) is 4. The van der Waals surface area contributed by atoms with Crippen molar-refractivity contribution in [3.05, 3.63) is 64.0 Å². The van der Waals surface area contributed by atoms with Crippen LogP contribution in [0.3, 0.4) is 0 Å². The summed E-state index contributed by atoms with van der Waals surface area (Å²) in [4.78, 5) is 30.9. The molecule has 2 heterocycles. The van der Waals surface area contributed by atoms with Crippen molar-refractivity contribution in [3.8, 4) is 0 Å². The van der Waals surface area contributed by atoms with Gasteiger partial charge in [-0.15, -0.1) is 0 Å². The molecule has 23 heavy (non-hydrogen) atoms. The van der Waals surface area contributed by atoms with Gasteiger partial charge in [-0.3, -0.25) is 9.59 Å². The van der Waals surface area contributed by atoms with E-state index in [-0.39, 0.29) is 17.9 Å². The van der Waals surface area contributed by atoms with Crippen molar-refractivity contribution in [3.63, 3.8) is 0 Å². The Bertz CT molecular complexity index is 895. The van der Waals surface area contributed by atoms with Gasteiger partial charge in [0.05, 0.1) is 17.6 Å². The fourth-order valence-corrected chi connectivity index (χ4v) is 2.32. The molecule has 6 heteroatoms. The fraction of sp³-hybridized carbons (Fsp3) is 0.235. The third-order valence-corrected chi connectivity index (χ3v) is 3.51. The summed E-state index contributed by atoms with van der Waals surface area (Å²) in [5.41, 5.74) is 1.53. The van der Waals surface area contributed by atoms with Crippen LogP contribution in [0.4, 0.5) is 0 Å². The summed E-state index contributed by atoms with van der Waals surface area (Å²) in [7, 11) is 0. The van der Waals surface area contributed by atoms with E-state index in [1.165, 1.54) is 0 Å². The Kier molecular flexibility index (Phi) is 4.23. The number of nitrogens with zero attached hydrogens (tertiary/aromatic N) is 1. The number of benzene rings is 1. The molecule has 0 bridgehead atoms. The first-order valence-corrected chi connectivity index (χ1v) is 7.42. The van der Waals surface area contributed by atoms with Crippen LogP contribution < -0.4 is 10.9 Å². The quantitative estimate of drug-likeness (QED) is 0.755. The van der Waals surface area contributed by atoms with Gasteiger partial charge in [0.2, 0.25) is 5.91 Å². The minimum Gasteiger partial charge on any atom is -0.465 e. The molecular formula is C17H17N3O3. The van der Waals surface area contributed by atoms with Crippen LogP contribution in [0, 0.1) is 6.92 Å². The summed E-state index contributed by atoms with van der Waals surface area (Å²) in [5, 5.41) is 2.77. The van der Waals surface area contributed by atoms with Gasteiger partial charge >= 0.3 is 0 Å². The molecule has 0 aliphatic heterocycles. The second kappa shape index (κ2) is 6.48. The van der Waals surface area contributed by atoms with E-state index in [2.05, 4.69) is 15.3 Å². The predicted molar refractivity (Wildman–Crippen MR) is 86.0 cm³/mol. The van der Waals surface area contributed by atoms with Gasteiger partial charge < -0.3 is 14.7 Å². The Morgan fingerprint density at radius 3 is 2.87 bits per heavy atom. The van der Waals surface area contributed by atoms with Crippen LogP contribution in [0.25, 0.3) is 11.0 Å². The maximum Gasteiger partial charge on any atom is 0.270 e. The molecule has 0 saturated carbocycles. The molecule has 1 amide bonds. The number of para-hydroxylation sites is 2. The molecule has 1 aromatic carbocycles. The van der Waals surface area contributed by atoms with Gasteiger partial charge in [-0.05, 0) is 31.2 Å². The Hall–Kier alpha value is -2.89. The van der Waals surface area contributed by atoms with Crippen molar-refractivity contribution < 1.29 is 9.21 Å². The average Bonchev–Trinajstić information content (AvgIpc) is 2.96. The smallest absolute Gasteiger partial charge is 0.270 e. The van der Waals surface area contributed by atoms with Crippen LogP contribution >= 0.6 is 0 Å². The normalized spacial score (nSPS) is 10.8. The number of H-pyrrole nitrogens is 1. The van der Waals surface area contributed by atoms with E-state index in [9.17, 15) is 9.59 Å². The van der Waals surface area contributed by atoms with Crippen LogP contribution in [0.5, 0.6) is 0 Å². The van der Waals surface area contributed by atoms with Crippen molar-refractivity contribution in [1.29, 1.82) is 0 Å². The number of aromatic nitrogens is 2. The highest BCUT2D eigenvalue weighted by molar-refractivity contribution is 5.76. The van der Waals surface area contributed by atoms with E-state index >= 15 is 0 Å². The second-order valence-electron chi connectivity index (χ2n) is 5.32. The third kappa shape index (κ3) is 3.66. The van der Waals surface area contributed by atoms with Crippen molar-refractivity contribution in [1.82, 2.24) is 15.3 Å². The molecule has 0 aliphatic rings. The van der Waals surface area contributed by atoms with E-state index in [1.807, 2.05) is 37.3 Å². The lowest BCUT2D eigenvalue weighted by atomic mass is 10.2. The number of amides is 1. The van der Waals surface area contributed by atoms with Gasteiger partial charge in [0.1, 0.15) is 17.2 Å². The molecule has 0 unspecified atom stereocenters. The summed E-state index contributed by atoms with van der Waals surface area (Å²) in [6, 6.07) is 11.0. The van der Waals surface area contributed by atoms with Gasteiger partial charge in [-0.25, -0.2) is 4.98 Å². The van der Waals surface area contributed by atoms with Gasteiger partial charge in [-0.2, -0.15) is 0 Å². The highest BCUT2D eigenvalue weighted by Gasteiger charge is 2.09. The lowest BCUT2D eigenvalue weighted by Crippen LogP contribution is -2.24. The lowest BCUT2D eigenvalue weighted by molar-refractivity contribution is -0.121. The molecule has 3 rings (SSSR count). The Balaban J connectivity index is 1.60. The summed E-state index contributed by atoms with van der Waals surface area (Å²) in [5.74, 6) is 1.37. The summed E-state index contributed by atoms with van der Waals surface area (Å²) in [6.45, 7) is 2.19. The lowest BCUT2D eigenvalue weighted by Gasteiger charge is -2.04. The van der Waals surface area contributed by atoms with Crippen molar-refractivity contribution >= 4 is 16.9 Å². The molecule has 0 fully saturated rings. The highest BCUT2D eigenvalue weighted by atomic mass is 16.3. The molecular weight excluding hydrogens is 294 g/mol. The highest BCUT2D eigenvalue weighted by Crippen LogP contribution is 2.07. The number of rotatable bonds is 5. The number of hydrogen-bond donors (Lipinski definition) is 2. The zero-order valence-electron chi connectivity index (χ0n) is 12.8. The standard InChI is InChI=1S/C17H17N3O3/c1-11-6-7-12(23-11)10-18-16(21)9-8-15-17(22)20-14-5-3-2-4-13(14)19-15/h2-7H,8-10H2,1H3,(H,18,21)(H,20,22). The molecule has 2 N–H and O–H groups in total. The first kappa shape index (κ1) is 15.0. The SMILES string of the molecule is Cc1ccc(CNC(=O)CCc2nc3ccccc3[nH]c2=O)o1. The maximum atomic E-state index is 12.0. The zero-order valence-corrected chi connectivity index (χ0v) is 12.8. The summed E-state index contributed by atoms with van der Waals surface area (Å²) < 4.78 is 5.38. The number of carbonyl (C=O) groups is 1. The van der Waals surface area contributed by atoms with Crippen LogP contribution in [0.15, 0.2) is 45.6 Å². The molecule has 118 valence electrons. The first-order valence-electron chi connectivity index (χ1n) is 7.42. The second-order valence-corrected chi connectivity index (χ2v) is 5.32. The number of nitrogens with one attached hydrogen (secondary N) is 2. The van der Waals surface area contributed by atoms with Crippen molar-refractivity contribution in [2.75, 3.05) is 0 Å². The van der Waals surface area contributed by atoms with E-state index in [0.717, 1.165) is 5.76 Å². The number of furan rings is 1. The molecule has 0 atom stereocenters. The van der Waals surface area contributed by atoms with Crippen LogP contribution in [-0.4, -0.2) is 15.9 Å². The zero-order chi connectivity index (χ0) is 16.2. The Labute approximate surface area is 132 Å². The van der Waals surface area contributed by atoms with Gasteiger partial charge in [0, 0.05) is 12.8 Å². The monoisotopic (exact) mass is 311 g/mol. The first-order chi connectivity index (χ1) is 11.1. The molecule has 3 aromatic rings. The number of carbonyl (C=O) groups excluding carboxylic acids is 1. The molecule has 0 radical (unpaired) electrons. The predicted octanol–water partition coefficient (Wildman–Crippen LogP) is 2.07. The van der Waals surface area contributed by atoms with Crippen LogP contribution in [0.1, 0.15) is 23.6 Å². The minimum absolute atomic E-state index is 0.145. The molecule has 0 spiro atoms. The van der Waals surface area contributed by atoms with Crippen LogP contribution in [-0.2, 0) is 17.8 Å². The molecule has 6 nitrogen and oxygen atoms in total. The molecule has 0 aliphatic carbocycles. The van der Waals surface area contributed by atoms with Crippen LogP contribution in [0.2, 0.25) is 0 Å². The van der Waals surface area contributed by atoms with E-state index < -0.39 is 0 Å². The van der Waals surface area contributed by atoms with E-state index in [0.29, 0.717) is 35.5 Å². The Morgan fingerprint density at radius 2 is 2.09 bits per heavy atom.